The molecule has 1 fully saturated rings. The number of likely N-dealkylation sites (N-methyl/N-ethyl adjacent to an activating group) is 1. The fourth-order valence-corrected chi connectivity index (χ4v) is 3.63. The Bertz CT molecular complexity index is 412. The van der Waals surface area contributed by atoms with E-state index in [1.165, 1.54) is 43.2 Å². The molecule has 0 aromatic heterocycles. The molecule has 2 rings (SSSR count). The Hall–Kier alpha value is -0.860. The molecule has 2 unspecified atom stereocenters. The maximum absolute atomic E-state index is 6.19. The lowest BCUT2D eigenvalue weighted by atomic mass is 9.73. The SMILES string of the molecule is CCC1CCCC(CN)(N(C)Cc2ccc(C)cc2)C1. The monoisotopic (exact) mass is 274 g/mol. The zero-order valence-electron chi connectivity index (χ0n) is 13.4. The number of nitrogens with zero attached hydrogens (tertiary/aromatic N) is 1. The first-order valence-corrected chi connectivity index (χ1v) is 8.06. The fraction of sp³-hybridized carbons (Fsp3) is 0.667. The third-order valence-electron chi connectivity index (χ3n) is 5.23. The van der Waals surface area contributed by atoms with Gasteiger partial charge in [-0.3, -0.25) is 4.90 Å². The van der Waals surface area contributed by atoms with E-state index in [2.05, 4.69) is 50.1 Å². The highest BCUT2D eigenvalue weighted by Gasteiger charge is 2.37. The number of nitrogens with two attached hydrogens (primary N) is 1. The number of rotatable bonds is 5. The second kappa shape index (κ2) is 6.73. The summed E-state index contributed by atoms with van der Waals surface area (Å²) >= 11 is 0. The molecule has 2 heteroatoms. The van der Waals surface area contributed by atoms with Crippen molar-refractivity contribution in [3.8, 4) is 0 Å². The highest BCUT2D eigenvalue weighted by Crippen LogP contribution is 2.37. The first kappa shape index (κ1) is 15.5. The summed E-state index contributed by atoms with van der Waals surface area (Å²) in [5.74, 6) is 0.854. The van der Waals surface area contributed by atoms with E-state index in [1.54, 1.807) is 0 Å². The van der Waals surface area contributed by atoms with Gasteiger partial charge in [-0.2, -0.15) is 0 Å². The Balaban J connectivity index is 2.08. The highest BCUT2D eigenvalue weighted by molar-refractivity contribution is 5.21. The first-order valence-electron chi connectivity index (χ1n) is 8.06. The van der Waals surface area contributed by atoms with Crippen LogP contribution in [0.3, 0.4) is 0 Å². The summed E-state index contributed by atoms with van der Waals surface area (Å²) in [7, 11) is 2.25. The van der Waals surface area contributed by atoms with Gasteiger partial charge in [0, 0.05) is 18.6 Å². The molecule has 2 atom stereocenters. The van der Waals surface area contributed by atoms with Crippen molar-refractivity contribution < 1.29 is 0 Å². The number of benzene rings is 1. The molecule has 0 saturated heterocycles. The molecular formula is C18H30N2. The minimum atomic E-state index is 0.212. The van der Waals surface area contributed by atoms with E-state index >= 15 is 0 Å². The second-order valence-electron chi connectivity index (χ2n) is 6.64. The van der Waals surface area contributed by atoms with Crippen molar-refractivity contribution in [1.82, 2.24) is 4.90 Å². The van der Waals surface area contributed by atoms with Crippen LogP contribution in [-0.2, 0) is 6.54 Å². The molecule has 112 valence electrons. The fourth-order valence-electron chi connectivity index (χ4n) is 3.63. The van der Waals surface area contributed by atoms with Crippen LogP contribution in [0.4, 0.5) is 0 Å². The van der Waals surface area contributed by atoms with Crippen LogP contribution >= 0.6 is 0 Å². The largest absolute Gasteiger partial charge is 0.329 e. The number of hydrogen-bond donors (Lipinski definition) is 1. The summed E-state index contributed by atoms with van der Waals surface area (Å²) in [6, 6.07) is 8.90. The minimum absolute atomic E-state index is 0.212. The van der Waals surface area contributed by atoms with E-state index in [9.17, 15) is 0 Å². The number of aryl methyl sites for hydroxylation is 1. The summed E-state index contributed by atoms with van der Waals surface area (Å²) in [6.07, 6.45) is 6.52. The van der Waals surface area contributed by atoms with Crippen LogP contribution in [-0.4, -0.2) is 24.0 Å². The Morgan fingerprint density at radius 2 is 2.00 bits per heavy atom. The molecule has 0 aliphatic heterocycles. The zero-order valence-corrected chi connectivity index (χ0v) is 13.4. The van der Waals surface area contributed by atoms with E-state index < -0.39 is 0 Å². The molecule has 1 aliphatic rings. The van der Waals surface area contributed by atoms with Crippen LogP contribution in [0.25, 0.3) is 0 Å². The van der Waals surface area contributed by atoms with Gasteiger partial charge in [0.25, 0.3) is 0 Å². The van der Waals surface area contributed by atoms with Crippen molar-refractivity contribution in [1.29, 1.82) is 0 Å². The van der Waals surface area contributed by atoms with Gasteiger partial charge in [0.05, 0.1) is 0 Å². The molecule has 1 saturated carbocycles. The second-order valence-corrected chi connectivity index (χ2v) is 6.64. The maximum Gasteiger partial charge on any atom is 0.0334 e. The first-order chi connectivity index (χ1) is 9.59. The van der Waals surface area contributed by atoms with Crippen molar-refractivity contribution >= 4 is 0 Å². The van der Waals surface area contributed by atoms with Gasteiger partial charge in [-0.25, -0.2) is 0 Å². The van der Waals surface area contributed by atoms with Crippen molar-refractivity contribution in [2.75, 3.05) is 13.6 Å². The third-order valence-corrected chi connectivity index (χ3v) is 5.23. The predicted molar refractivity (Wildman–Crippen MR) is 86.7 cm³/mol. The van der Waals surface area contributed by atoms with E-state index in [-0.39, 0.29) is 5.54 Å². The minimum Gasteiger partial charge on any atom is -0.329 e. The normalized spacial score (nSPS) is 26.9. The Morgan fingerprint density at radius 1 is 1.30 bits per heavy atom. The molecule has 1 aliphatic carbocycles. The van der Waals surface area contributed by atoms with Gasteiger partial charge < -0.3 is 5.73 Å². The summed E-state index contributed by atoms with van der Waals surface area (Å²) in [4.78, 5) is 2.51. The van der Waals surface area contributed by atoms with Crippen LogP contribution in [0, 0.1) is 12.8 Å². The topological polar surface area (TPSA) is 29.3 Å². The van der Waals surface area contributed by atoms with Gasteiger partial charge in [-0.1, -0.05) is 56.0 Å². The third kappa shape index (κ3) is 3.42. The molecule has 0 bridgehead atoms. The average Bonchev–Trinajstić information content (AvgIpc) is 2.49. The van der Waals surface area contributed by atoms with Crippen LogP contribution in [0.15, 0.2) is 24.3 Å². The quantitative estimate of drug-likeness (QED) is 0.886. The molecule has 0 radical (unpaired) electrons. The molecule has 1 aromatic rings. The predicted octanol–water partition coefficient (Wildman–Crippen LogP) is 3.72. The molecule has 0 spiro atoms. The average molecular weight is 274 g/mol. The molecule has 2 nitrogen and oxygen atoms in total. The smallest absolute Gasteiger partial charge is 0.0334 e. The lowest BCUT2D eigenvalue weighted by molar-refractivity contribution is 0.0504. The Labute approximate surface area is 124 Å². The highest BCUT2D eigenvalue weighted by atomic mass is 15.2. The van der Waals surface area contributed by atoms with Crippen LogP contribution < -0.4 is 5.73 Å². The Morgan fingerprint density at radius 3 is 2.60 bits per heavy atom. The van der Waals surface area contributed by atoms with Crippen LogP contribution in [0.2, 0.25) is 0 Å². The molecule has 1 aromatic carbocycles. The molecular weight excluding hydrogens is 244 g/mol. The van der Waals surface area contributed by atoms with Crippen molar-refractivity contribution in [3.05, 3.63) is 35.4 Å². The Kier molecular flexibility index (Phi) is 5.22. The zero-order chi connectivity index (χ0) is 14.6. The van der Waals surface area contributed by atoms with E-state index in [1.807, 2.05) is 0 Å². The maximum atomic E-state index is 6.19. The standard InChI is InChI=1S/C18H30N2/c1-4-16-6-5-11-18(12-16,14-19)20(3)13-17-9-7-15(2)8-10-17/h7-10,16H,4-6,11-14,19H2,1-3H3. The lowest BCUT2D eigenvalue weighted by Crippen LogP contribution is -2.54. The van der Waals surface area contributed by atoms with E-state index in [0.29, 0.717) is 0 Å². The molecule has 0 amide bonds. The molecule has 20 heavy (non-hydrogen) atoms. The summed E-state index contributed by atoms with van der Waals surface area (Å²) in [5.41, 5.74) is 9.12. The van der Waals surface area contributed by atoms with Crippen LogP contribution in [0.1, 0.15) is 50.2 Å². The molecule has 2 N–H and O–H groups in total. The van der Waals surface area contributed by atoms with Gasteiger partial charge in [-0.05, 0) is 38.3 Å². The summed E-state index contributed by atoms with van der Waals surface area (Å²) < 4.78 is 0. The van der Waals surface area contributed by atoms with Gasteiger partial charge in [-0.15, -0.1) is 0 Å². The molecule has 0 heterocycles. The van der Waals surface area contributed by atoms with Crippen LogP contribution in [0.5, 0.6) is 0 Å². The van der Waals surface area contributed by atoms with Gasteiger partial charge in [0.2, 0.25) is 0 Å². The van der Waals surface area contributed by atoms with Crippen molar-refractivity contribution in [3.63, 3.8) is 0 Å². The van der Waals surface area contributed by atoms with Crippen molar-refractivity contribution in [2.24, 2.45) is 11.7 Å². The lowest BCUT2D eigenvalue weighted by Gasteiger charge is -2.46. The van der Waals surface area contributed by atoms with E-state index in [0.717, 1.165) is 19.0 Å². The van der Waals surface area contributed by atoms with Crippen molar-refractivity contribution in [2.45, 2.75) is 58.0 Å². The summed E-state index contributed by atoms with van der Waals surface area (Å²) in [5, 5.41) is 0. The number of hydrogen-bond acceptors (Lipinski definition) is 2. The summed E-state index contributed by atoms with van der Waals surface area (Å²) in [6.45, 7) is 6.25. The van der Waals surface area contributed by atoms with Gasteiger partial charge in [0.15, 0.2) is 0 Å². The van der Waals surface area contributed by atoms with E-state index in [4.69, 9.17) is 5.73 Å². The van der Waals surface area contributed by atoms with Gasteiger partial charge >= 0.3 is 0 Å². The van der Waals surface area contributed by atoms with Gasteiger partial charge in [0.1, 0.15) is 0 Å².